The van der Waals surface area contributed by atoms with Gasteiger partial charge in [-0.2, -0.15) is 0 Å². The molecule has 0 radical (unpaired) electrons. The fourth-order valence-corrected chi connectivity index (χ4v) is 4.07. The molecule has 0 amide bonds. The molecule has 3 nitrogen and oxygen atoms in total. The molecule has 0 aliphatic heterocycles. The lowest BCUT2D eigenvalue weighted by molar-refractivity contribution is 1.12. The standard InChI is InChI=1S/C31H27N3/c1-24-13-15-25(16-14-24)26-17-19-29(20-18-26)34(28-11-7-4-8-12-28)30-21-22-31(32-23-30)33(2)27-9-5-3-6-10-27/h3-23H,1-2H3. The Balaban J connectivity index is 1.48. The number of para-hydroxylation sites is 2. The van der Waals surface area contributed by atoms with Gasteiger partial charge < -0.3 is 9.80 Å². The summed E-state index contributed by atoms with van der Waals surface area (Å²) in [4.78, 5) is 9.11. The highest BCUT2D eigenvalue weighted by Crippen LogP contribution is 2.36. The molecule has 3 heteroatoms. The fourth-order valence-electron chi connectivity index (χ4n) is 4.07. The molecule has 166 valence electrons. The van der Waals surface area contributed by atoms with Crippen molar-refractivity contribution in [3.05, 3.63) is 133 Å². The number of benzene rings is 4. The zero-order chi connectivity index (χ0) is 23.3. The van der Waals surface area contributed by atoms with Crippen LogP contribution in [0, 0.1) is 6.92 Å². The Kier molecular flexibility index (Phi) is 6.09. The van der Waals surface area contributed by atoms with Crippen LogP contribution in [0.5, 0.6) is 0 Å². The van der Waals surface area contributed by atoms with E-state index >= 15 is 0 Å². The second-order valence-electron chi connectivity index (χ2n) is 8.35. The number of nitrogens with zero attached hydrogens (tertiary/aromatic N) is 3. The van der Waals surface area contributed by atoms with Gasteiger partial charge in [-0.15, -0.1) is 0 Å². The number of hydrogen-bond acceptors (Lipinski definition) is 3. The highest BCUT2D eigenvalue weighted by atomic mass is 15.2. The van der Waals surface area contributed by atoms with Gasteiger partial charge in [0.15, 0.2) is 0 Å². The summed E-state index contributed by atoms with van der Waals surface area (Å²) in [7, 11) is 2.04. The molecule has 0 aliphatic rings. The third-order valence-electron chi connectivity index (χ3n) is 6.00. The van der Waals surface area contributed by atoms with Gasteiger partial charge in [0.1, 0.15) is 5.82 Å². The van der Waals surface area contributed by atoms with Crippen molar-refractivity contribution < 1.29 is 0 Å². The minimum atomic E-state index is 0.901. The quantitative estimate of drug-likeness (QED) is 0.264. The SMILES string of the molecule is Cc1ccc(-c2ccc(N(c3ccccc3)c3ccc(N(C)c4ccccc4)nc3)cc2)cc1. The number of aromatic nitrogens is 1. The van der Waals surface area contributed by atoms with Crippen molar-refractivity contribution in [1.82, 2.24) is 4.98 Å². The van der Waals surface area contributed by atoms with E-state index in [4.69, 9.17) is 4.98 Å². The van der Waals surface area contributed by atoms with E-state index in [1.807, 2.05) is 37.5 Å². The first-order chi connectivity index (χ1) is 16.7. The third kappa shape index (κ3) is 4.55. The highest BCUT2D eigenvalue weighted by Gasteiger charge is 2.14. The Hall–Kier alpha value is -4.37. The number of aryl methyl sites for hydroxylation is 1. The maximum atomic E-state index is 4.78. The molecule has 0 bridgehead atoms. The molecule has 0 saturated heterocycles. The minimum Gasteiger partial charge on any atom is -0.329 e. The Morgan fingerprint density at radius 1 is 0.500 bits per heavy atom. The predicted octanol–water partition coefficient (Wildman–Crippen LogP) is 8.29. The summed E-state index contributed by atoms with van der Waals surface area (Å²) < 4.78 is 0. The van der Waals surface area contributed by atoms with Gasteiger partial charge in [-0.3, -0.25) is 0 Å². The summed E-state index contributed by atoms with van der Waals surface area (Å²) in [5.74, 6) is 0.901. The van der Waals surface area contributed by atoms with Gasteiger partial charge in [-0.1, -0.05) is 78.4 Å². The average molecular weight is 442 g/mol. The van der Waals surface area contributed by atoms with Crippen LogP contribution in [0.2, 0.25) is 0 Å². The molecule has 4 aromatic carbocycles. The topological polar surface area (TPSA) is 19.4 Å². The lowest BCUT2D eigenvalue weighted by atomic mass is 10.0. The molecule has 0 unspecified atom stereocenters. The van der Waals surface area contributed by atoms with Gasteiger partial charge in [0.05, 0.1) is 11.9 Å². The molecular formula is C31H27N3. The van der Waals surface area contributed by atoms with Crippen LogP contribution >= 0.6 is 0 Å². The normalized spacial score (nSPS) is 10.6. The summed E-state index contributed by atoms with van der Waals surface area (Å²) in [5, 5.41) is 0. The molecule has 0 spiro atoms. The number of anilines is 5. The third-order valence-corrected chi connectivity index (χ3v) is 6.00. The van der Waals surface area contributed by atoms with Crippen molar-refractivity contribution >= 4 is 28.6 Å². The molecule has 5 rings (SSSR count). The number of pyridine rings is 1. The van der Waals surface area contributed by atoms with Crippen LogP contribution in [0.3, 0.4) is 0 Å². The fraction of sp³-hybridized carbons (Fsp3) is 0.0645. The van der Waals surface area contributed by atoms with Crippen molar-refractivity contribution in [1.29, 1.82) is 0 Å². The van der Waals surface area contributed by atoms with E-state index in [0.717, 1.165) is 28.6 Å². The van der Waals surface area contributed by atoms with E-state index in [1.165, 1.54) is 16.7 Å². The first-order valence-corrected chi connectivity index (χ1v) is 11.5. The lowest BCUT2D eigenvalue weighted by Gasteiger charge is -2.26. The van der Waals surface area contributed by atoms with Gasteiger partial charge >= 0.3 is 0 Å². The summed E-state index contributed by atoms with van der Waals surface area (Å²) in [6.07, 6.45) is 1.94. The monoisotopic (exact) mass is 441 g/mol. The van der Waals surface area contributed by atoms with Crippen LogP contribution in [0.4, 0.5) is 28.6 Å². The molecule has 1 aromatic heterocycles. The second kappa shape index (κ2) is 9.63. The van der Waals surface area contributed by atoms with Gasteiger partial charge in [-0.05, 0) is 66.6 Å². The number of rotatable bonds is 6. The van der Waals surface area contributed by atoms with Gasteiger partial charge in [0, 0.05) is 24.1 Å². The van der Waals surface area contributed by atoms with Crippen LogP contribution < -0.4 is 9.80 Å². The van der Waals surface area contributed by atoms with E-state index in [-0.39, 0.29) is 0 Å². The Labute approximate surface area is 201 Å². The van der Waals surface area contributed by atoms with Crippen molar-refractivity contribution in [3.63, 3.8) is 0 Å². The molecule has 34 heavy (non-hydrogen) atoms. The lowest BCUT2D eigenvalue weighted by Crippen LogP contribution is -2.13. The maximum absolute atomic E-state index is 4.78. The largest absolute Gasteiger partial charge is 0.329 e. The minimum absolute atomic E-state index is 0.901. The first kappa shape index (κ1) is 21.5. The first-order valence-electron chi connectivity index (χ1n) is 11.5. The summed E-state index contributed by atoms with van der Waals surface area (Å²) >= 11 is 0. The Bertz CT molecular complexity index is 1330. The van der Waals surface area contributed by atoms with E-state index in [2.05, 4.69) is 114 Å². The Morgan fingerprint density at radius 3 is 1.56 bits per heavy atom. The van der Waals surface area contributed by atoms with Gasteiger partial charge in [-0.25, -0.2) is 4.98 Å². The van der Waals surface area contributed by atoms with Crippen LogP contribution in [0.25, 0.3) is 11.1 Å². The molecule has 0 N–H and O–H groups in total. The molecule has 0 saturated carbocycles. The summed E-state index contributed by atoms with van der Waals surface area (Å²) in [5.41, 5.74) is 8.00. The van der Waals surface area contributed by atoms with E-state index in [9.17, 15) is 0 Å². The van der Waals surface area contributed by atoms with Gasteiger partial charge in [0.25, 0.3) is 0 Å². The zero-order valence-electron chi connectivity index (χ0n) is 19.5. The summed E-state index contributed by atoms with van der Waals surface area (Å²) in [6, 6.07) is 42.2. The molecule has 0 aliphatic carbocycles. The molecule has 0 fully saturated rings. The van der Waals surface area contributed by atoms with Crippen molar-refractivity contribution in [3.8, 4) is 11.1 Å². The van der Waals surface area contributed by atoms with Crippen LogP contribution in [0.15, 0.2) is 128 Å². The molecule has 1 heterocycles. The smallest absolute Gasteiger partial charge is 0.132 e. The van der Waals surface area contributed by atoms with E-state index in [1.54, 1.807) is 0 Å². The average Bonchev–Trinajstić information content (AvgIpc) is 2.91. The van der Waals surface area contributed by atoms with Crippen LogP contribution in [-0.4, -0.2) is 12.0 Å². The van der Waals surface area contributed by atoms with E-state index < -0.39 is 0 Å². The van der Waals surface area contributed by atoms with Crippen LogP contribution in [-0.2, 0) is 0 Å². The Morgan fingerprint density at radius 2 is 1.00 bits per heavy atom. The summed E-state index contributed by atoms with van der Waals surface area (Å²) in [6.45, 7) is 2.11. The predicted molar refractivity (Wildman–Crippen MR) is 144 cm³/mol. The zero-order valence-corrected chi connectivity index (χ0v) is 19.5. The van der Waals surface area contributed by atoms with Gasteiger partial charge in [0.2, 0.25) is 0 Å². The molecular weight excluding hydrogens is 414 g/mol. The number of hydrogen-bond donors (Lipinski definition) is 0. The van der Waals surface area contributed by atoms with Crippen molar-refractivity contribution in [2.75, 3.05) is 16.8 Å². The highest BCUT2D eigenvalue weighted by molar-refractivity contribution is 5.78. The second-order valence-corrected chi connectivity index (χ2v) is 8.35. The van der Waals surface area contributed by atoms with Crippen LogP contribution in [0.1, 0.15) is 5.56 Å². The van der Waals surface area contributed by atoms with Crippen molar-refractivity contribution in [2.45, 2.75) is 6.92 Å². The molecule has 0 atom stereocenters. The van der Waals surface area contributed by atoms with Crippen molar-refractivity contribution in [2.24, 2.45) is 0 Å². The maximum Gasteiger partial charge on any atom is 0.132 e. The molecule has 5 aromatic rings. The van der Waals surface area contributed by atoms with E-state index in [0.29, 0.717) is 0 Å².